The Morgan fingerprint density at radius 2 is 0.725 bits per heavy atom. The molecule has 5 saturated carbocycles. The maximum Gasteiger partial charge on any atom is 0.127 e. The standard InChI is InChI=1S/C47H71NOSi.C46H69NOSi.C40H50N2Si/c1-12-14-27-47(28-15-13-2)42-31-38(49-37-23-21-35(22-24-37)45(4,5)6)25-26-39(42)41-30-34-29-33(3)44(40(34)32-43(41)47)50(10,11)48(46(7,8)9)36-19-17-16-18-20-36;1-11-13-28-46(29-14-12-2)41-31-37(48-36-23-21-34(22-24-36)44(3,4)5)25-26-38(41)40-30-33-20-27-43(39(33)32-42(40)46)49(9,10)47(45(6,7)8)35-18-16-15-17-19-35;1-38(2,3)42(39(4,5)6)43(9,10)37-22-19-26-23-32-28-21-20-27(24-33(28)40(7,8)34(32)25-31(26)37)41-35-17-13-11-15-29(35)30-16-12-14-18-36(30)41/h21-26,30-34,36,40,44H,12-20,27-29H2,1-11H3;21-26,30-33,35,39,43H,11-20,27-29H2,1-10H3;11-18,20-21,23-26,31,37H,19,22H2,1-10H3. The van der Waals surface area contributed by atoms with E-state index in [2.05, 4.69) is 419 Å². The van der Waals surface area contributed by atoms with Gasteiger partial charge in [-0.25, -0.2) is 0 Å². The number of allylic oxidation sites excluding steroid dienone is 12. The molecule has 6 nitrogen and oxygen atoms in total. The summed E-state index contributed by atoms with van der Waals surface area (Å²) in [5.74, 6) is 8.50. The summed E-state index contributed by atoms with van der Waals surface area (Å²) in [7, 11) is -5.41. The lowest BCUT2D eigenvalue weighted by atomic mass is 9.68. The molecular weight excluding hydrogens is 1770 g/mol. The van der Waals surface area contributed by atoms with E-state index in [-0.39, 0.29) is 49.2 Å². The molecule has 1 heterocycles. The second-order valence-electron chi connectivity index (χ2n) is 55.1. The van der Waals surface area contributed by atoms with Gasteiger partial charge < -0.3 is 27.7 Å². The summed E-state index contributed by atoms with van der Waals surface area (Å²) in [6.45, 7) is 76.9. The van der Waals surface area contributed by atoms with Crippen LogP contribution in [0.25, 0.3) is 44.2 Å². The van der Waals surface area contributed by atoms with E-state index in [0.29, 0.717) is 35.5 Å². The van der Waals surface area contributed by atoms with Gasteiger partial charge in [0.05, 0.1) is 11.0 Å². The molecule has 11 aliphatic rings. The Balaban J connectivity index is 0.000000147. The van der Waals surface area contributed by atoms with Crippen molar-refractivity contribution in [1.29, 1.82) is 0 Å². The summed E-state index contributed by atoms with van der Waals surface area (Å²) < 4.78 is 25.0. The van der Waals surface area contributed by atoms with E-state index in [4.69, 9.17) is 9.47 Å². The fraction of sp³-hybridized carbons (Fsp3) is 0.594. The third kappa shape index (κ3) is 20.0. The van der Waals surface area contributed by atoms with E-state index in [1.54, 1.807) is 39.0 Å². The van der Waals surface area contributed by atoms with Gasteiger partial charge in [0.1, 0.15) is 47.7 Å². The average Bonchev–Trinajstić information content (AvgIpc) is 1.70. The van der Waals surface area contributed by atoms with Gasteiger partial charge >= 0.3 is 0 Å². The third-order valence-corrected chi connectivity index (χ3v) is 52.4. The van der Waals surface area contributed by atoms with Crippen molar-refractivity contribution in [2.75, 3.05) is 0 Å². The lowest BCUT2D eigenvalue weighted by Gasteiger charge is -2.57. The third-order valence-electron chi connectivity index (χ3n) is 37.8. The molecule has 0 N–H and O–H groups in total. The molecule has 19 rings (SSSR count). The summed E-state index contributed by atoms with van der Waals surface area (Å²) in [6, 6.07) is 58.3. The first kappa shape index (κ1) is 106. The molecule has 0 bridgehead atoms. The summed E-state index contributed by atoms with van der Waals surface area (Å²) in [4.78, 5) is 0. The molecule has 9 heteroatoms. The Morgan fingerprint density at radius 3 is 1.13 bits per heavy atom. The summed E-state index contributed by atoms with van der Waals surface area (Å²) in [6.07, 6.45) is 52.7. The Morgan fingerprint density at radius 1 is 0.359 bits per heavy atom. The van der Waals surface area contributed by atoms with Crippen LogP contribution >= 0.6 is 0 Å². The summed E-state index contributed by atoms with van der Waals surface area (Å²) in [5.41, 5.74) is 28.6. The van der Waals surface area contributed by atoms with Crippen molar-refractivity contribution in [1.82, 2.24) is 18.3 Å². The minimum Gasteiger partial charge on any atom is -0.457 e. The van der Waals surface area contributed by atoms with Crippen LogP contribution in [-0.4, -0.2) is 77.2 Å². The van der Waals surface area contributed by atoms with Crippen molar-refractivity contribution < 1.29 is 9.47 Å². The molecule has 766 valence electrons. The van der Waals surface area contributed by atoms with E-state index in [0.717, 1.165) is 57.6 Å². The van der Waals surface area contributed by atoms with Gasteiger partial charge in [-0.1, -0.05) is 347 Å². The van der Waals surface area contributed by atoms with Gasteiger partial charge in [-0.05, 0) is 373 Å². The topological polar surface area (TPSA) is 33.1 Å². The van der Waals surface area contributed by atoms with Crippen molar-refractivity contribution in [3.05, 3.63) is 249 Å². The average molecular weight is 1960 g/mol. The van der Waals surface area contributed by atoms with E-state index < -0.39 is 24.7 Å². The number of fused-ring (bicyclic) bond motifs is 15. The Labute approximate surface area is 867 Å². The normalized spacial score (nSPS) is 24.2. The smallest absolute Gasteiger partial charge is 0.127 e. The summed E-state index contributed by atoms with van der Waals surface area (Å²) >= 11 is 0. The predicted octanol–water partition coefficient (Wildman–Crippen LogP) is 38.7. The SMILES string of the molecule is CC1(C)C2=CC3C(C=C2c2ccc(-n4c5ccccc5c5ccccc54)cc21)CCC3[Si](C)(C)N(C(C)(C)C)C(C)(C)C.CCCCC1(CCCC)C2=CC3C(C=C2c2ccc(Oc4ccc(C(C)(C)C)cc4)cc21)CC(C)C3[Si](C)(C)N(C1CCCCC1)C(C)(C)C.CCCCC1(CCCC)C2=CC3C(C=C2c2ccc(Oc4ccc(C(C)(C)C)cc4)cc21)CCC3[Si](C)(C)N(C1CCCCC1)C(C)(C)C. The molecule has 0 aliphatic heterocycles. The monoisotopic (exact) mass is 1960 g/mol. The zero-order valence-corrected chi connectivity index (χ0v) is 98.0. The molecule has 10 atom stereocenters. The van der Waals surface area contributed by atoms with Crippen molar-refractivity contribution >= 4 is 63.2 Å². The number of aromatic nitrogens is 1. The van der Waals surface area contributed by atoms with Crippen molar-refractivity contribution in [2.45, 2.75) is 464 Å². The molecule has 10 unspecified atom stereocenters. The highest BCUT2D eigenvalue weighted by molar-refractivity contribution is 6.77. The lowest BCUT2D eigenvalue weighted by Crippen LogP contribution is -2.67. The fourth-order valence-corrected chi connectivity index (χ4v) is 50.6. The lowest BCUT2D eigenvalue weighted by molar-refractivity contribution is 0.122. The Kier molecular flexibility index (Phi) is 30.2. The number of rotatable bonds is 25. The zero-order valence-electron chi connectivity index (χ0n) is 95.0. The van der Waals surface area contributed by atoms with Gasteiger partial charge in [-0.15, -0.1) is 0 Å². The van der Waals surface area contributed by atoms with Gasteiger partial charge in [-0.2, -0.15) is 0 Å². The van der Waals surface area contributed by atoms with Crippen LogP contribution in [0.2, 0.25) is 55.9 Å². The van der Waals surface area contributed by atoms with Crippen LogP contribution in [-0.2, 0) is 27.1 Å². The molecule has 0 amide bonds. The first-order chi connectivity index (χ1) is 66.9. The molecule has 5 fully saturated rings. The number of unbranched alkanes of at least 4 members (excludes halogenated alkanes) is 4. The highest BCUT2D eigenvalue weighted by Crippen LogP contribution is 2.68. The van der Waals surface area contributed by atoms with Gasteiger partial charge in [0.15, 0.2) is 0 Å². The molecular formula is C133H190N4O2Si3. The second-order valence-corrected chi connectivity index (χ2v) is 68.6. The largest absolute Gasteiger partial charge is 0.457 e. The highest BCUT2D eigenvalue weighted by Gasteiger charge is 2.61. The maximum atomic E-state index is 6.65. The van der Waals surface area contributed by atoms with Crippen LogP contribution in [0.4, 0.5) is 0 Å². The van der Waals surface area contributed by atoms with Crippen LogP contribution in [0.1, 0.15) is 391 Å². The van der Waals surface area contributed by atoms with Crippen LogP contribution in [0.5, 0.6) is 23.0 Å². The van der Waals surface area contributed by atoms with Crippen LogP contribution in [0.3, 0.4) is 0 Å². The molecule has 1 aromatic heterocycles. The van der Waals surface area contributed by atoms with Crippen LogP contribution < -0.4 is 9.47 Å². The minimum atomic E-state index is -1.84. The quantitative estimate of drug-likeness (QED) is 0.0533. The van der Waals surface area contributed by atoms with Crippen molar-refractivity contribution in [3.63, 3.8) is 0 Å². The fourth-order valence-electron chi connectivity index (χ4n) is 33.2. The number of hydrogen-bond acceptors (Lipinski definition) is 5. The molecule has 7 aromatic carbocycles. The minimum absolute atomic E-state index is 0.0204. The molecule has 8 aromatic rings. The van der Waals surface area contributed by atoms with E-state index in [1.165, 1.54) is 240 Å². The number of benzene rings is 7. The van der Waals surface area contributed by atoms with Gasteiger partial charge in [0.2, 0.25) is 0 Å². The van der Waals surface area contributed by atoms with Crippen LogP contribution in [0, 0.1) is 41.4 Å². The van der Waals surface area contributed by atoms with Crippen LogP contribution in [0.15, 0.2) is 205 Å². The van der Waals surface area contributed by atoms with Gasteiger partial charge in [0.25, 0.3) is 0 Å². The first-order valence-electron chi connectivity index (χ1n) is 57.7. The van der Waals surface area contributed by atoms with E-state index in [1.807, 2.05) is 0 Å². The first-order valence-corrected chi connectivity index (χ1v) is 66.7. The Bertz CT molecular complexity index is 5950. The highest BCUT2D eigenvalue weighted by atomic mass is 28.3. The molecule has 0 saturated heterocycles. The van der Waals surface area contributed by atoms with Gasteiger partial charge in [0, 0.05) is 66.9 Å². The molecule has 0 spiro atoms. The molecule has 11 aliphatic carbocycles. The second kappa shape index (κ2) is 40.4. The Hall–Kier alpha value is -7.09. The maximum absolute atomic E-state index is 6.65. The van der Waals surface area contributed by atoms with Crippen molar-refractivity contribution in [3.8, 4) is 28.7 Å². The molecule has 0 radical (unpaired) electrons. The van der Waals surface area contributed by atoms with Crippen molar-refractivity contribution in [2.24, 2.45) is 41.4 Å². The number of para-hydroxylation sites is 2. The number of ether oxygens (including phenoxy) is 2. The number of nitrogens with zero attached hydrogens (tertiary/aromatic N) is 4. The van der Waals surface area contributed by atoms with E-state index >= 15 is 0 Å². The van der Waals surface area contributed by atoms with E-state index in [9.17, 15) is 0 Å². The van der Waals surface area contributed by atoms with Gasteiger partial charge in [-0.3, -0.25) is 0 Å². The predicted molar refractivity (Wildman–Crippen MR) is 622 cm³/mol. The number of hydrogen-bond donors (Lipinski definition) is 0. The zero-order chi connectivity index (χ0) is 102. The molecule has 142 heavy (non-hydrogen) atoms. The summed E-state index contributed by atoms with van der Waals surface area (Å²) in [5, 5.41) is 2.64.